The van der Waals surface area contributed by atoms with Crippen LogP contribution in [0.4, 0.5) is 5.69 Å². The molecule has 28 heavy (non-hydrogen) atoms. The lowest BCUT2D eigenvalue weighted by molar-refractivity contribution is 0.0277. The van der Waals surface area contributed by atoms with Gasteiger partial charge in [-0.15, -0.1) is 0 Å². The Morgan fingerprint density at radius 1 is 1.29 bits per heavy atom. The molecular formula is C20H21N5O3. The average Bonchev–Trinajstić information content (AvgIpc) is 3.25. The van der Waals surface area contributed by atoms with Gasteiger partial charge in [0.05, 0.1) is 31.6 Å². The summed E-state index contributed by atoms with van der Waals surface area (Å²) in [7, 11) is 1.55. The summed E-state index contributed by atoms with van der Waals surface area (Å²) in [5.74, 6) is 0.817. The van der Waals surface area contributed by atoms with Crippen LogP contribution in [0.1, 0.15) is 22.0 Å². The maximum atomic E-state index is 12.5. The zero-order chi connectivity index (χ0) is 19.3. The van der Waals surface area contributed by atoms with E-state index in [-0.39, 0.29) is 12.0 Å². The van der Waals surface area contributed by atoms with Crippen LogP contribution in [0.3, 0.4) is 0 Å². The number of nitrogens with one attached hydrogen (secondary N) is 2. The van der Waals surface area contributed by atoms with E-state index in [1.807, 2.05) is 30.3 Å². The lowest BCUT2D eigenvalue weighted by Crippen LogP contribution is -2.33. The molecule has 4 rings (SSSR count). The van der Waals surface area contributed by atoms with Gasteiger partial charge in [0, 0.05) is 31.0 Å². The Hall–Kier alpha value is -3.23. The van der Waals surface area contributed by atoms with Crippen molar-refractivity contribution in [2.45, 2.75) is 6.10 Å². The van der Waals surface area contributed by atoms with Crippen molar-refractivity contribution in [3.05, 3.63) is 66.0 Å². The van der Waals surface area contributed by atoms with Gasteiger partial charge in [-0.1, -0.05) is 18.2 Å². The number of morpholine rings is 1. The van der Waals surface area contributed by atoms with E-state index in [0.717, 1.165) is 18.7 Å². The second kappa shape index (κ2) is 8.20. The number of carbonyl (C=O) groups excluding carboxylic acids is 1. The third kappa shape index (κ3) is 4.03. The number of carbonyl (C=O) groups is 1. The molecule has 0 saturated carbocycles. The molecule has 1 aliphatic rings. The Morgan fingerprint density at radius 2 is 2.14 bits per heavy atom. The third-order valence-electron chi connectivity index (χ3n) is 4.47. The van der Waals surface area contributed by atoms with E-state index in [9.17, 15) is 4.79 Å². The minimum absolute atomic E-state index is 0.0482. The summed E-state index contributed by atoms with van der Waals surface area (Å²) in [5, 5.41) is 10.4. The molecule has 1 aromatic carbocycles. The first-order chi connectivity index (χ1) is 13.7. The van der Waals surface area contributed by atoms with Gasteiger partial charge in [-0.3, -0.25) is 4.79 Å². The van der Waals surface area contributed by atoms with Crippen molar-refractivity contribution >= 4 is 11.6 Å². The first-order valence-corrected chi connectivity index (χ1v) is 9.02. The molecule has 2 N–H and O–H groups in total. The number of hydrogen-bond donors (Lipinski definition) is 2. The highest BCUT2D eigenvalue weighted by atomic mass is 16.5. The molecule has 1 fully saturated rings. The topological polar surface area (TPSA) is 90.3 Å². The molecule has 1 aliphatic heterocycles. The van der Waals surface area contributed by atoms with E-state index in [0.29, 0.717) is 29.6 Å². The number of methoxy groups -OCH3 is 1. The molecule has 144 valence electrons. The van der Waals surface area contributed by atoms with Crippen molar-refractivity contribution in [3.63, 3.8) is 0 Å². The highest BCUT2D eigenvalue weighted by molar-refractivity contribution is 6.03. The highest BCUT2D eigenvalue weighted by Gasteiger charge is 2.16. The predicted molar refractivity (Wildman–Crippen MR) is 104 cm³/mol. The van der Waals surface area contributed by atoms with E-state index < -0.39 is 0 Å². The summed E-state index contributed by atoms with van der Waals surface area (Å²) in [6.07, 6.45) is 3.19. The molecule has 1 atom stereocenters. The highest BCUT2D eigenvalue weighted by Crippen LogP contribution is 2.21. The maximum Gasteiger partial charge on any atom is 0.258 e. The van der Waals surface area contributed by atoms with Gasteiger partial charge >= 0.3 is 0 Å². The van der Waals surface area contributed by atoms with Crippen molar-refractivity contribution < 1.29 is 14.3 Å². The number of rotatable bonds is 5. The first-order valence-electron chi connectivity index (χ1n) is 9.02. The second-order valence-corrected chi connectivity index (χ2v) is 6.35. The van der Waals surface area contributed by atoms with Crippen molar-refractivity contribution in [3.8, 4) is 11.7 Å². The van der Waals surface area contributed by atoms with Crippen molar-refractivity contribution in [1.82, 2.24) is 20.1 Å². The van der Waals surface area contributed by atoms with Gasteiger partial charge in [-0.05, 0) is 23.8 Å². The van der Waals surface area contributed by atoms with Crippen LogP contribution in [0.2, 0.25) is 0 Å². The van der Waals surface area contributed by atoms with E-state index in [1.165, 1.54) is 10.9 Å². The molecule has 1 unspecified atom stereocenters. The van der Waals surface area contributed by atoms with Crippen LogP contribution in [0.15, 0.2) is 54.9 Å². The van der Waals surface area contributed by atoms with Crippen molar-refractivity contribution in [1.29, 1.82) is 0 Å². The largest absolute Gasteiger partial charge is 0.481 e. The summed E-state index contributed by atoms with van der Waals surface area (Å²) in [6, 6.07) is 13.0. The molecule has 8 nitrogen and oxygen atoms in total. The first kappa shape index (κ1) is 18.1. The third-order valence-corrected chi connectivity index (χ3v) is 4.47. The molecule has 2 aromatic heterocycles. The normalized spacial score (nSPS) is 16.5. The smallest absolute Gasteiger partial charge is 0.258 e. The van der Waals surface area contributed by atoms with Gasteiger partial charge in [0.15, 0.2) is 5.82 Å². The van der Waals surface area contributed by atoms with Gasteiger partial charge < -0.3 is 20.1 Å². The minimum Gasteiger partial charge on any atom is -0.481 e. The summed E-state index contributed by atoms with van der Waals surface area (Å²) >= 11 is 0. The van der Waals surface area contributed by atoms with E-state index >= 15 is 0 Å². The summed E-state index contributed by atoms with van der Waals surface area (Å²) in [5.41, 5.74) is 2.24. The monoisotopic (exact) mass is 379 g/mol. The van der Waals surface area contributed by atoms with Gasteiger partial charge in [0.2, 0.25) is 5.88 Å². The van der Waals surface area contributed by atoms with Crippen LogP contribution >= 0.6 is 0 Å². The van der Waals surface area contributed by atoms with Gasteiger partial charge in [0.1, 0.15) is 0 Å². The van der Waals surface area contributed by atoms with Gasteiger partial charge in [-0.2, -0.15) is 10.1 Å². The van der Waals surface area contributed by atoms with Crippen LogP contribution in [0, 0.1) is 0 Å². The molecule has 3 heterocycles. The molecule has 0 spiro atoms. The van der Waals surface area contributed by atoms with Crippen molar-refractivity contribution in [2.75, 3.05) is 32.1 Å². The summed E-state index contributed by atoms with van der Waals surface area (Å²) in [4.78, 5) is 16.8. The Balaban J connectivity index is 1.43. The quantitative estimate of drug-likeness (QED) is 0.706. The predicted octanol–water partition coefficient (Wildman–Crippen LogP) is 2.19. The molecule has 1 saturated heterocycles. The Morgan fingerprint density at radius 3 is 2.89 bits per heavy atom. The second-order valence-electron chi connectivity index (χ2n) is 6.35. The average molecular weight is 379 g/mol. The lowest BCUT2D eigenvalue weighted by atomic mass is 10.1. The fourth-order valence-corrected chi connectivity index (χ4v) is 2.97. The number of ether oxygens (including phenoxy) is 2. The lowest BCUT2D eigenvalue weighted by Gasteiger charge is -2.24. The number of amides is 1. The standard InChI is InChI=1S/C20H21N5O3/c1-27-19-4-2-3-18(24-19)25-13-15(11-22-25)20(26)23-16-7-5-14(6-8-16)17-12-21-9-10-28-17/h2-8,11,13,17,21H,9-10,12H2,1H3,(H,23,26). The number of aromatic nitrogens is 3. The molecule has 1 amide bonds. The van der Waals surface area contributed by atoms with Crippen molar-refractivity contribution in [2.24, 2.45) is 0 Å². The number of hydrogen-bond acceptors (Lipinski definition) is 6. The van der Waals surface area contributed by atoms with Crippen LogP contribution in [-0.4, -0.2) is 47.5 Å². The Labute approximate surface area is 162 Å². The zero-order valence-electron chi connectivity index (χ0n) is 15.5. The number of nitrogens with zero attached hydrogens (tertiary/aromatic N) is 3. The van der Waals surface area contributed by atoms with Crippen LogP contribution < -0.4 is 15.4 Å². The summed E-state index contributed by atoms with van der Waals surface area (Å²) in [6.45, 7) is 2.38. The molecule has 0 aliphatic carbocycles. The molecule has 0 bridgehead atoms. The molecule has 3 aromatic rings. The fraction of sp³-hybridized carbons (Fsp3) is 0.250. The molecule has 8 heteroatoms. The number of benzene rings is 1. The SMILES string of the molecule is COc1cccc(-n2cc(C(=O)Nc3ccc(C4CNCCO4)cc3)cn2)n1. The van der Waals surface area contributed by atoms with E-state index in [2.05, 4.69) is 20.7 Å². The van der Waals surface area contributed by atoms with Crippen LogP contribution in [0.5, 0.6) is 5.88 Å². The maximum absolute atomic E-state index is 12.5. The molecule has 0 radical (unpaired) electrons. The number of pyridine rings is 1. The zero-order valence-corrected chi connectivity index (χ0v) is 15.5. The van der Waals surface area contributed by atoms with Crippen LogP contribution in [0.25, 0.3) is 5.82 Å². The Kier molecular flexibility index (Phi) is 5.31. The Bertz CT molecular complexity index is 948. The van der Waals surface area contributed by atoms with Crippen LogP contribution in [-0.2, 0) is 4.74 Å². The van der Waals surface area contributed by atoms with Gasteiger partial charge in [0.25, 0.3) is 5.91 Å². The van der Waals surface area contributed by atoms with E-state index in [1.54, 1.807) is 25.4 Å². The van der Waals surface area contributed by atoms with E-state index in [4.69, 9.17) is 9.47 Å². The summed E-state index contributed by atoms with van der Waals surface area (Å²) < 4.78 is 12.4. The fourth-order valence-electron chi connectivity index (χ4n) is 2.97. The van der Waals surface area contributed by atoms with Gasteiger partial charge in [-0.25, -0.2) is 4.68 Å². The molecular weight excluding hydrogens is 358 g/mol. The number of anilines is 1. The minimum atomic E-state index is -0.238.